The zero-order valence-corrected chi connectivity index (χ0v) is 17.3. The van der Waals surface area contributed by atoms with E-state index in [4.69, 9.17) is 9.47 Å². The molecule has 25 heavy (non-hydrogen) atoms. The highest BCUT2D eigenvalue weighted by Crippen LogP contribution is 2.28. The maximum atomic E-state index is 12.4. The highest BCUT2D eigenvalue weighted by molar-refractivity contribution is 9.10. The Morgan fingerprint density at radius 3 is 2.20 bits per heavy atom. The van der Waals surface area contributed by atoms with Gasteiger partial charge in [0.05, 0.1) is 12.7 Å². The molecule has 2 aromatic rings. The number of ether oxygens (including phenoxy) is 2. The number of benzene rings is 2. The fourth-order valence-corrected chi connectivity index (χ4v) is 3.07. The number of methoxy groups -OCH3 is 1. The number of carbonyl (C=O) groups is 1. The van der Waals surface area contributed by atoms with Crippen LogP contribution in [-0.2, 0) is 16.8 Å². The second-order valence-corrected chi connectivity index (χ2v) is 8.11. The van der Waals surface area contributed by atoms with Crippen LogP contribution in [0.5, 0.6) is 5.75 Å². The van der Waals surface area contributed by atoms with Crippen molar-refractivity contribution >= 4 is 21.9 Å². The molecule has 0 aliphatic rings. The van der Waals surface area contributed by atoms with Gasteiger partial charge in [-0.25, -0.2) is 4.79 Å². The van der Waals surface area contributed by atoms with Crippen LogP contribution in [0, 0.1) is 13.8 Å². The molecule has 0 bridgehead atoms. The Hall–Kier alpha value is -1.81. The smallest absolute Gasteiger partial charge is 0.339 e. The number of hydrogen-bond acceptors (Lipinski definition) is 3. The lowest BCUT2D eigenvalue weighted by Crippen LogP contribution is -2.13. The van der Waals surface area contributed by atoms with Crippen LogP contribution in [0.4, 0.5) is 0 Å². The second-order valence-electron chi connectivity index (χ2n) is 7.26. The Labute approximate surface area is 158 Å². The van der Waals surface area contributed by atoms with Gasteiger partial charge in [0.2, 0.25) is 0 Å². The summed E-state index contributed by atoms with van der Waals surface area (Å²) in [5, 5.41) is 0. The van der Waals surface area contributed by atoms with E-state index in [-0.39, 0.29) is 18.0 Å². The summed E-state index contributed by atoms with van der Waals surface area (Å²) in [6, 6.07) is 9.61. The lowest BCUT2D eigenvalue weighted by atomic mass is 9.84. The first-order valence-corrected chi connectivity index (χ1v) is 9.04. The summed E-state index contributed by atoms with van der Waals surface area (Å²) in [6.45, 7) is 11.0. The molecule has 0 aromatic heterocycles. The predicted octanol–water partition coefficient (Wildman–Crippen LogP) is 5.73. The molecular weight excluding hydrogens is 380 g/mol. The van der Waals surface area contributed by atoms with Crippen LogP contribution in [0.1, 0.15) is 53.4 Å². The van der Waals surface area contributed by atoms with E-state index in [0.717, 1.165) is 16.7 Å². The number of halogens is 1. The quantitative estimate of drug-likeness (QED) is 0.610. The molecule has 0 fully saturated rings. The standard InChI is InChI=1S/C21H25BrO3/c1-13-9-15(21(3,4)5)10-14(2)18(13)12-25-20(23)17-11-16(24-6)7-8-19(17)22/h7-11H,12H2,1-6H3. The fraction of sp³-hybridized carbons (Fsp3) is 0.381. The van der Waals surface area contributed by atoms with Crippen molar-refractivity contribution in [3.05, 3.63) is 62.6 Å². The summed E-state index contributed by atoms with van der Waals surface area (Å²) < 4.78 is 11.4. The maximum Gasteiger partial charge on any atom is 0.339 e. The first-order valence-electron chi connectivity index (χ1n) is 8.24. The number of hydrogen-bond donors (Lipinski definition) is 0. The van der Waals surface area contributed by atoms with Crippen LogP contribution in [0.2, 0.25) is 0 Å². The van der Waals surface area contributed by atoms with Gasteiger partial charge in [0.25, 0.3) is 0 Å². The van der Waals surface area contributed by atoms with Crippen LogP contribution in [0.3, 0.4) is 0 Å². The predicted molar refractivity (Wildman–Crippen MR) is 104 cm³/mol. The van der Waals surface area contributed by atoms with Crippen molar-refractivity contribution in [2.45, 2.75) is 46.6 Å². The van der Waals surface area contributed by atoms with Gasteiger partial charge in [-0.1, -0.05) is 32.9 Å². The SMILES string of the molecule is COc1ccc(Br)c(C(=O)OCc2c(C)cc(C(C)(C)C)cc2C)c1. The van der Waals surface area contributed by atoms with E-state index in [9.17, 15) is 4.79 Å². The molecule has 0 aliphatic carbocycles. The van der Waals surface area contributed by atoms with E-state index < -0.39 is 0 Å². The molecule has 134 valence electrons. The first kappa shape index (κ1) is 19.5. The zero-order valence-electron chi connectivity index (χ0n) is 15.7. The minimum absolute atomic E-state index is 0.0934. The fourth-order valence-electron chi connectivity index (χ4n) is 2.66. The Kier molecular flexibility index (Phi) is 5.94. The highest BCUT2D eigenvalue weighted by atomic mass is 79.9. The van der Waals surface area contributed by atoms with Crippen molar-refractivity contribution in [2.75, 3.05) is 7.11 Å². The van der Waals surface area contributed by atoms with Crippen molar-refractivity contribution in [1.29, 1.82) is 0 Å². The summed E-state index contributed by atoms with van der Waals surface area (Å²) >= 11 is 3.39. The van der Waals surface area contributed by atoms with Crippen LogP contribution < -0.4 is 4.74 Å². The van der Waals surface area contributed by atoms with Gasteiger partial charge in [-0.05, 0) is 75.6 Å². The normalized spacial score (nSPS) is 11.3. The van der Waals surface area contributed by atoms with Gasteiger partial charge in [0, 0.05) is 4.47 Å². The molecule has 0 radical (unpaired) electrons. The van der Waals surface area contributed by atoms with Gasteiger partial charge < -0.3 is 9.47 Å². The lowest BCUT2D eigenvalue weighted by molar-refractivity contribution is 0.0470. The molecule has 0 saturated carbocycles. The minimum Gasteiger partial charge on any atom is -0.497 e. The van der Waals surface area contributed by atoms with Crippen molar-refractivity contribution < 1.29 is 14.3 Å². The molecule has 0 atom stereocenters. The monoisotopic (exact) mass is 404 g/mol. The number of rotatable bonds is 4. The largest absolute Gasteiger partial charge is 0.497 e. The summed E-state index contributed by atoms with van der Waals surface area (Å²) in [7, 11) is 1.57. The molecule has 0 unspecified atom stereocenters. The highest BCUT2D eigenvalue weighted by Gasteiger charge is 2.18. The summed E-state index contributed by atoms with van der Waals surface area (Å²) in [6.07, 6.45) is 0. The first-order chi connectivity index (χ1) is 11.6. The molecule has 0 saturated heterocycles. The topological polar surface area (TPSA) is 35.5 Å². The van der Waals surface area contributed by atoms with E-state index >= 15 is 0 Å². The van der Waals surface area contributed by atoms with Gasteiger partial charge in [-0.3, -0.25) is 0 Å². The number of esters is 1. The van der Waals surface area contributed by atoms with Crippen molar-refractivity contribution in [2.24, 2.45) is 0 Å². The van der Waals surface area contributed by atoms with E-state index in [1.807, 2.05) is 0 Å². The summed E-state index contributed by atoms with van der Waals surface area (Å²) in [5.74, 6) is 0.251. The van der Waals surface area contributed by atoms with E-state index in [1.165, 1.54) is 5.56 Å². The molecule has 4 heteroatoms. The molecule has 0 spiro atoms. The van der Waals surface area contributed by atoms with Crippen LogP contribution in [0.25, 0.3) is 0 Å². The molecule has 0 N–H and O–H groups in total. The lowest BCUT2D eigenvalue weighted by Gasteiger charge is -2.22. The molecule has 0 heterocycles. The molecule has 0 amide bonds. The third-order valence-corrected chi connectivity index (χ3v) is 4.99. The van der Waals surface area contributed by atoms with Crippen molar-refractivity contribution in [1.82, 2.24) is 0 Å². The van der Waals surface area contributed by atoms with Crippen LogP contribution in [0.15, 0.2) is 34.8 Å². The van der Waals surface area contributed by atoms with Crippen LogP contribution >= 0.6 is 15.9 Å². The Morgan fingerprint density at radius 2 is 1.68 bits per heavy atom. The van der Waals surface area contributed by atoms with Gasteiger partial charge >= 0.3 is 5.97 Å². The van der Waals surface area contributed by atoms with E-state index in [2.05, 4.69) is 62.7 Å². The number of carbonyl (C=O) groups excluding carboxylic acids is 1. The molecule has 3 nitrogen and oxygen atoms in total. The Balaban J connectivity index is 2.20. The van der Waals surface area contributed by atoms with Gasteiger partial charge in [0.1, 0.15) is 12.4 Å². The summed E-state index contributed by atoms with van der Waals surface area (Å²) in [5.41, 5.74) is 5.18. The third-order valence-electron chi connectivity index (χ3n) is 4.30. The van der Waals surface area contributed by atoms with Gasteiger partial charge in [0.15, 0.2) is 0 Å². The molecular formula is C21H25BrO3. The third kappa shape index (κ3) is 4.63. The Bertz CT molecular complexity index is 765. The zero-order chi connectivity index (χ0) is 18.8. The van der Waals surface area contributed by atoms with Crippen molar-refractivity contribution in [3.8, 4) is 5.75 Å². The maximum absolute atomic E-state index is 12.4. The summed E-state index contributed by atoms with van der Waals surface area (Å²) in [4.78, 5) is 12.4. The van der Waals surface area contributed by atoms with Crippen molar-refractivity contribution in [3.63, 3.8) is 0 Å². The van der Waals surface area contributed by atoms with Crippen LogP contribution in [-0.4, -0.2) is 13.1 Å². The minimum atomic E-state index is -0.371. The average molecular weight is 405 g/mol. The Morgan fingerprint density at radius 1 is 1.08 bits per heavy atom. The molecule has 0 aliphatic heterocycles. The molecule has 2 aromatic carbocycles. The van der Waals surface area contributed by atoms with E-state index in [0.29, 0.717) is 15.8 Å². The van der Waals surface area contributed by atoms with Gasteiger partial charge in [-0.15, -0.1) is 0 Å². The molecule has 2 rings (SSSR count). The average Bonchev–Trinajstić information content (AvgIpc) is 2.53. The number of aryl methyl sites for hydroxylation is 2. The second kappa shape index (κ2) is 7.61. The van der Waals surface area contributed by atoms with Gasteiger partial charge in [-0.2, -0.15) is 0 Å². The van der Waals surface area contributed by atoms with E-state index in [1.54, 1.807) is 25.3 Å².